The first-order valence-corrected chi connectivity index (χ1v) is 11.4. The maximum Gasteiger partial charge on any atom is 0.348 e. The van der Waals surface area contributed by atoms with Crippen LogP contribution in [-0.2, 0) is 27.2 Å². The number of benzene rings is 1. The highest BCUT2D eigenvalue weighted by Crippen LogP contribution is 2.27. The van der Waals surface area contributed by atoms with E-state index in [2.05, 4.69) is 10.3 Å². The SMILES string of the molecule is Cc1c(C(=O)OCCc2ccccc2)sc2ncn(CC(=O)NCC3CCCO3)c(=O)c12. The van der Waals surface area contributed by atoms with Gasteiger partial charge in [0.1, 0.15) is 16.3 Å². The fourth-order valence-electron chi connectivity index (χ4n) is 3.68. The highest BCUT2D eigenvalue weighted by Gasteiger charge is 2.21. The number of hydrogen-bond donors (Lipinski definition) is 1. The zero-order valence-corrected chi connectivity index (χ0v) is 18.7. The third kappa shape index (κ3) is 5.05. The van der Waals surface area contributed by atoms with Crippen LogP contribution in [0, 0.1) is 6.92 Å². The molecule has 3 aromatic rings. The number of hydrogen-bond acceptors (Lipinski definition) is 7. The number of rotatable bonds is 8. The van der Waals surface area contributed by atoms with Gasteiger partial charge in [-0.15, -0.1) is 11.3 Å². The number of thiophene rings is 1. The highest BCUT2D eigenvalue weighted by atomic mass is 32.1. The molecule has 0 aliphatic carbocycles. The summed E-state index contributed by atoms with van der Waals surface area (Å²) in [5.74, 6) is -0.751. The molecule has 8 nitrogen and oxygen atoms in total. The van der Waals surface area contributed by atoms with Crippen LogP contribution in [0.1, 0.15) is 33.6 Å². The van der Waals surface area contributed by atoms with E-state index in [4.69, 9.17) is 9.47 Å². The number of aromatic nitrogens is 2. The minimum Gasteiger partial charge on any atom is -0.461 e. The highest BCUT2D eigenvalue weighted by molar-refractivity contribution is 7.20. The molecule has 1 aliphatic rings. The van der Waals surface area contributed by atoms with Crippen molar-refractivity contribution in [2.75, 3.05) is 19.8 Å². The van der Waals surface area contributed by atoms with Crippen LogP contribution in [0.3, 0.4) is 0 Å². The van der Waals surface area contributed by atoms with Crippen molar-refractivity contribution in [2.24, 2.45) is 0 Å². The summed E-state index contributed by atoms with van der Waals surface area (Å²) < 4.78 is 12.2. The summed E-state index contributed by atoms with van der Waals surface area (Å²) in [4.78, 5) is 42.9. The lowest BCUT2D eigenvalue weighted by Crippen LogP contribution is -2.36. The van der Waals surface area contributed by atoms with E-state index < -0.39 is 5.97 Å². The molecular formula is C23H25N3O5S. The lowest BCUT2D eigenvalue weighted by Gasteiger charge is -2.11. The predicted octanol–water partition coefficient (Wildman–Crippen LogP) is 2.46. The van der Waals surface area contributed by atoms with Crippen molar-refractivity contribution >= 4 is 33.4 Å². The Morgan fingerprint density at radius 1 is 1.31 bits per heavy atom. The molecule has 32 heavy (non-hydrogen) atoms. The second-order valence-corrected chi connectivity index (χ2v) is 8.72. The lowest BCUT2D eigenvalue weighted by molar-refractivity contribution is -0.122. The molecule has 4 rings (SSSR count). The molecule has 1 aromatic carbocycles. The lowest BCUT2D eigenvalue weighted by atomic mass is 10.2. The zero-order chi connectivity index (χ0) is 22.5. The van der Waals surface area contributed by atoms with Crippen molar-refractivity contribution in [3.05, 3.63) is 63.0 Å². The number of aryl methyl sites for hydroxylation is 1. The number of fused-ring (bicyclic) bond motifs is 1. The largest absolute Gasteiger partial charge is 0.461 e. The summed E-state index contributed by atoms with van der Waals surface area (Å²) in [7, 11) is 0. The Morgan fingerprint density at radius 3 is 2.88 bits per heavy atom. The predicted molar refractivity (Wildman–Crippen MR) is 121 cm³/mol. The van der Waals surface area contributed by atoms with Crippen LogP contribution < -0.4 is 10.9 Å². The normalized spacial score (nSPS) is 15.7. The van der Waals surface area contributed by atoms with Crippen molar-refractivity contribution < 1.29 is 19.1 Å². The van der Waals surface area contributed by atoms with E-state index in [0.717, 1.165) is 36.3 Å². The average molecular weight is 456 g/mol. The van der Waals surface area contributed by atoms with Crippen molar-refractivity contribution in [3.8, 4) is 0 Å². The molecule has 0 spiro atoms. The molecule has 0 bridgehead atoms. The third-order valence-corrected chi connectivity index (χ3v) is 6.61. The number of amides is 1. The summed E-state index contributed by atoms with van der Waals surface area (Å²) in [6.45, 7) is 2.96. The Kier molecular flexibility index (Phi) is 6.96. The molecule has 1 atom stereocenters. The Morgan fingerprint density at radius 2 is 2.12 bits per heavy atom. The molecule has 1 amide bonds. The van der Waals surface area contributed by atoms with Crippen molar-refractivity contribution in [3.63, 3.8) is 0 Å². The van der Waals surface area contributed by atoms with Gasteiger partial charge in [0.05, 0.1) is 24.4 Å². The molecule has 1 saturated heterocycles. The van der Waals surface area contributed by atoms with Gasteiger partial charge >= 0.3 is 5.97 Å². The van der Waals surface area contributed by atoms with Crippen LogP contribution in [-0.4, -0.2) is 47.3 Å². The van der Waals surface area contributed by atoms with Gasteiger partial charge in [0.25, 0.3) is 5.56 Å². The number of nitrogens with one attached hydrogen (secondary N) is 1. The number of esters is 1. The maximum atomic E-state index is 13.0. The molecule has 1 N–H and O–H groups in total. The molecule has 2 aromatic heterocycles. The van der Waals surface area contributed by atoms with Crippen LogP contribution in [0.5, 0.6) is 0 Å². The molecule has 1 fully saturated rings. The second kappa shape index (κ2) is 10.1. The van der Waals surface area contributed by atoms with E-state index in [0.29, 0.717) is 33.6 Å². The standard InChI is InChI=1S/C23H25N3O5S/c1-15-19-21(32-20(15)23(29)31-11-9-16-6-3-2-4-7-16)25-14-26(22(19)28)13-18(27)24-12-17-8-5-10-30-17/h2-4,6-7,14,17H,5,8-13H2,1H3,(H,24,27). The average Bonchev–Trinajstić information content (AvgIpc) is 3.43. The van der Waals surface area contributed by atoms with Crippen LogP contribution >= 0.6 is 11.3 Å². The number of carbonyl (C=O) groups excluding carboxylic acids is 2. The molecule has 1 unspecified atom stereocenters. The summed E-state index contributed by atoms with van der Waals surface area (Å²) in [6.07, 6.45) is 3.91. The van der Waals surface area contributed by atoms with Gasteiger partial charge in [-0.3, -0.25) is 14.2 Å². The molecule has 3 heterocycles. The summed E-state index contributed by atoms with van der Waals surface area (Å²) >= 11 is 1.13. The van der Waals surface area contributed by atoms with E-state index in [1.54, 1.807) is 6.92 Å². The van der Waals surface area contributed by atoms with E-state index in [9.17, 15) is 14.4 Å². The van der Waals surface area contributed by atoms with Crippen molar-refractivity contribution in [1.82, 2.24) is 14.9 Å². The van der Waals surface area contributed by atoms with E-state index in [1.165, 1.54) is 10.9 Å². The minimum atomic E-state index is -0.471. The smallest absolute Gasteiger partial charge is 0.348 e. The molecule has 1 aliphatic heterocycles. The van der Waals surface area contributed by atoms with Crippen LogP contribution in [0.4, 0.5) is 0 Å². The molecule has 0 radical (unpaired) electrons. The Labute approximate surface area is 189 Å². The van der Waals surface area contributed by atoms with Crippen molar-refractivity contribution in [1.29, 1.82) is 0 Å². The molecular weight excluding hydrogens is 430 g/mol. The van der Waals surface area contributed by atoms with Crippen LogP contribution in [0.25, 0.3) is 10.2 Å². The summed E-state index contributed by atoms with van der Waals surface area (Å²) in [6, 6.07) is 9.76. The van der Waals surface area contributed by atoms with E-state index in [1.807, 2.05) is 30.3 Å². The van der Waals surface area contributed by atoms with Crippen LogP contribution in [0.15, 0.2) is 41.5 Å². The molecule has 0 saturated carbocycles. The molecule has 9 heteroatoms. The van der Waals surface area contributed by atoms with Gasteiger partial charge in [-0.25, -0.2) is 9.78 Å². The summed E-state index contributed by atoms with van der Waals surface area (Å²) in [5.41, 5.74) is 1.26. The monoisotopic (exact) mass is 455 g/mol. The number of ether oxygens (including phenoxy) is 2. The first-order valence-electron chi connectivity index (χ1n) is 10.6. The van der Waals surface area contributed by atoms with Gasteiger partial charge in [-0.05, 0) is 30.9 Å². The third-order valence-electron chi connectivity index (χ3n) is 5.43. The number of nitrogens with zero attached hydrogens (tertiary/aromatic N) is 2. The second-order valence-electron chi connectivity index (χ2n) is 7.72. The van der Waals surface area contributed by atoms with Crippen LogP contribution in [0.2, 0.25) is 0 Å². The fourth-order valence-corrected chi connectivity index (χ4v) is 4.72. The van der Waals surface area contributed by atoms with Gasteiger partial charge < -0.3 is 14.8 Å². The van der Waals surface area contributed by atoms with Gasteiger partial charge in [-0.2, -0.15) is 0 Å². The Bertz CT molecular complexity index is 1170. The summed E-state index contributed by atoms with van der Waals surface area (Å²) in [5, 5.41) is 3.15. The van der Waals surface area contributed by atoms with E-state index in [-0.39, 0.29) is 30.7 Å². The Hall–Kier alpha value is -3.04. The molecule has 168 valence electrons. The fraction of sp³-hybridized carbons (Fsp3) is 0.391. The first kappa shape index (κ1) is 22.2. The number of carbonyl (C=O) groups is 2. The van der Waals surface area contributed by atoms with Gasteiger partial charge in [0.2, 0.25) is 5.91 Å². The Balaban J connectivity index is 1.42. The quantitative estimate of drug-likeness (QED) is 0.524. The zero-order valence-electron chi connectivity index (χ0n) is 17.8. The van der Waals surface area contributed by atoms with Gasteiger partial charge in [-0.1, -0.05) is 30.3 Å². The van der Waals surface area contributed by atoms with Gasteiger partial charge in [0.15, 0.2) is 0 Å². The van der Waals surface area contributed by atoms with Crippen molar-refractivity contribution in [2.45, 2.75) is 38.8 Å². The first-order chi connectivity index (χ1) is 15.5. The topological polar surface area (TPSA) is 99.5 Å². The maximum absolute atomic E-state index is 13.0. The van der Waals surface area contributed by atoms with Gasteiger partial charge in [0, 0.05) is 19.6 Å². The van der Waals surface area contributed by atoms with E-state index >= 15 is 0 Å². The minimum absolute atomic E-state index is 0.0332.